The molecule has 0 bridgehead atoms. The van der Waals surface area contributed by atoms with Crippen LogP contribution in [0.25, 0.3) is 0 Å². The van der Waals surface area contributed by atoms with Crippen LogP contribution in [0.15, 0.2) is 12.2 Å². The maximum atomic E-state index is 12.7. The Labute approximate surface area is 379 Å². The predicted molar refractivity (Wildman–Crippen MR) is 254 cm³/mol. The first-order valence-electron chi connectivity index (χ1n) is 25.7. The molecule has 0 spiro atoms. The number of rotatable bonds is 49. The van der Waals surface area contributed by atoms with Crippen molar-refractivity contribution in [1.29, 1.82) is 0 Å². The molecule has 0 aliphatic carbocycles. The number of carboxylic acid groups (broad SMARTS) is 1. The van der Waals surface area contributed by atoms with Crippen LogP contribution >= 0.6 is 7.82 Å². The summed E-state index contributed by atoms with van der Waals surface area (Å²) in [6.07, 6.45) is 48.4. The van der Waals surface area contributed by atoms with E-state index in [2.05, 4.69) is 30.5 Å². The topological polar surface area (TPSA) is 172 Å². The number of hydrogen-bond donors (Lipinski definition) is 3. The standard InChI is InChI=1S/C50H96NO10P/c1-3-5-7-9-11-13-15-17-19-21-23-25-27-29-31-33-35-37-39-41-48(52)58-43-46(44-59-62(56,57)60-45-47(51)50(54)55)61-49(53)42-40-38-36-34-32-30-28-26-24-22-20-18-16-14-12-10-8-6-4-2/h22,24,46-47H,3-21,23,25-45,51H2,1-2H3,(H,54,55)(H,56,57)/b24-22-/t46-,47+/m1/s1. The molecule has 0 aromatic rings. The van der Waals surface area contributed by atoms with Gasteiger partial charge < -0.3 is 25.2 Å². The van der Waals surface area contributed by atoms with Crippen molar-refractivity contribution in [1.82, 2.24) is 0 Å². The molecule has 11 nitrogen and oxygen atoms in total. The van der Waals surface area contributed by atoms with Crippen molar-refractivity contribution in [2.75, 3.05) is 19.8 Å². The Morgan fingerprint density at radius 2 is 0.806 bits per heavy atom. The van der Waals surface area contributed by atoms with E-state index in [1.165, 1.54) is 173 Å². The highest BCUT2D eigenvalue weighted by molar-refractivity contribution is 7.47. The van der Waals surface area contributed by atoms with E-state index in [0.29, 0.717) is 12.8 Å². The second-order valence-corrected chi connectivity index (χ2v) is 19.1. The fraction of sp³-hybridized carbons (Fsp3) is 0.900. The Bertz CT molecular complexity index is 1110. The van der Waals surface area contributed by atoms with Gasteiger partial charge >= 0.3 is 25.7 Å². The molecule has 4 N–H and O–H groups in total. The lowest BCUT2D eigenvalue weighted by molar-refractivity contribution is -0.161. The van der Waals surface area contributed by atoms with Crippen LogP contribution in [0.2, 0.25) is 0 Å². The first kappa shape index (κ1) is 60.2. The van der Waals surface area contributed by atoms with E-state index in [9.17, 15) is 23.8 Å². The van der Waals surface area contributed by atoms with E-state index in [1.807, 2.05) is 0 Å². The summed E-state index contributed by atoms with van der Waals surface area (Å²) in [6.45, 7) is 2.85. The number of allylic oxidation sites excluding steroid dienone is 2. The fourth-order valence-electron chi connectivity index (χ4n) is 7.47. The molecule has 3 atom stereocenters. The number of nitrogens with two attached hydrogens (primary N) is 1. The van der Waals surface area contributed by atoms with Crippen molar-refractivity contribution in [2.45, 2.75) is 270 Å². The summed E-state index contributed by atoms with van der Waals surface area (Å²) >= 11 is 0. The third-order valence-corrected chi connectivity index (χ3v) is 12.5. The Kier molecular flexibility index (Phi) is 44.5. The van der Waals surface area contributed by atoms with Crippen molar-refractivity contribution in [3.8, 4) is 0 Å². The quantitative estimate of drug-likeness (QED) is 0.0230. The summed E-state index contributed by atoms with van der Waals surface area (Å²) in [5.74, 6) is -2.36. The van der Waals surface area contributed by atoms with E-state index in [1.54, 1.807) is 0 Å². The Balaban J connectivity index is 4.22. The number of aliphatic carboxylic acids is 1. The summed E-state index contributed by atoms with van der Waals surface area (Å²) in [5.41, 5.74) is 5.35. The van der Waals surface area contributed by atoms with Gasteiger partial charge in [-0.25, -0.2) is 4.57 Å². The van der Waals surface area contributed by atoms with Crippen LogP contribution in [-0.2, 0) is 37.5 Å². The third kappa shape index (κ3) is 44.8. The molecular weight excluding hydrogens is 806 g/mol. The number of ether oxygens (including phenoxy) is 2. The lowest BCUT2D eigenvalue weighted by atomic mass is 10.0. The zero-order valence-electron chi connectivity index (χ0n) is 40.0. The molecule has 0 aromatic heterocycles. The zero-order chi connectivity index (χ0) is 45.6. The van der Waals surface area contributed by atoms with Gasteiger partial charge in [0, 0.05) is 12.8 Å². The van der Waals surface area contributed by atoms with Crippen LogP contribution in [0.4, 0.5) is 0 Å². The average molecular weight is 902 g/mol. The van der Waals surface area contributed by atoms with E-state index < -0.39 is 51.1 Å². The summed E-state index contributed by atoms with van der Waals surface area (Å²) in [5, 5.41) is 8.92. The van der Waals surface area contributed by atoms with Crippen molar-refractivity contribution < 1.29 is 47.5 Å². The van der Waals surface area contributed by atoms with Crippen LogP contribution in [0.5, 0.6) is 0 Å². The van der Waals surface area contributed by atoms with Gasteiger partial charge in [-0.05, 0) is 38.5 Å². The van der Waals surface area contributed by atoms with Gasteiger partial charge in [-0.2, -0.15) is 0 Å². The van der Waals surface area contributed by atoms with Gasteiger partial charge in [0.1, 0.15) is 12.6 Å². The van der Waals surface area contributed by atoms with Crippen molar-refractivity contribution >= 4 is 25.7 Å². The van der Waals surface area contributed by atoms with Crippen LogP contribution < -0.4 is 5.73 Å². The number of carbonyl (C=O) groups is 3. The second-order valence-electron chi connectivity index (χ2n) is 17.7. The third-order valence-electron chi connectivity index (χ3n) is 11.5. The van der Waals surface area contributed by atoms with Crippen LogP contribution in [0.1, 0.15) is 258 Å². The molecule has 0 radical (unpaired) electrons. The van der Waals surface area contributed by atoms with Gasteiger partial charge in [0.05, 0.1) is 13.2 Å². The summed E-state index contributed by atoms with van der Waals surface area (Å²) in [7, 11) is -4.72. The van der Waals surface area contributed by atoms with Gasteiger partial charge in [-0.3, -0.25) is 23.4 Å². The van der Waals surface area contributed by atoms with Crippen molar-refractivity contribution in [2.24, 2.45) is 5.73 Å². The minimum Gasteiger partial charge on any atom is -0.480 e. The monoisotopic (exact) mass is 902 g/mol. The van der Waals surface area contributed by atoms with Crippen LogP contribution in [-0.4, -0.2) is 59.9 Å². The highest BCUT2D eigenvalue weighted by Gasteiger charge is 2.28. The summed E-state index contributed by atoms with van der Waals surface area (Å²) in [4.78, 5) is 46.2. The SMILES string of the molecule is CCCCCCCCCC/C=C\CCCCCCCCCC(=O)O[C@H](COC(=O)CCCCCCCCCCCCCCCCCCCCC)COP(=O)(O)OC[C@H](N)C(=O)O. The molecule has 0 aliphatic rings. The Morgan fingerprint density at radius 1 is 0.484 bits per heavy atom. The van der Waals surface area contributed by atoms with Gasteiger partial charge in [-0.1, -0.05) is 219 Å². The molecule has 62 heavy (non-hydrogen) atoms. The molecule has 0 heterocycles. The predicted octanol–water partition coefficient (Wildman–Crippen LogP) is 14.4. The average Bonchev–Trinajstić information content (AvgIpc) is 3.25. The number of carbonyl (C=O) groups excluding carboxylic acids is 2. The normalized spacial score (nSPS) is 13.6. The Hall–Kier alpha value is -1.78. The molecule has 0 saturated carbocycles. The first-order chi connectivity index (χ1) is 30.1. The molecular formula is C50H96NO10P. The smallest absolute Gasteiger partial charge is 0.472 e. The largest absolute Gasteiger partial charge is 0.480 e. The first-order valence-corrected chi connectivity index (χ1v) is 27.2. The number of unbranched alkanes of at least 4 members (excludes halogenated alkanes) is 33. The molecule has 0 saturated heterocycles. The number of phosphoric acid groups is 1. The summed E-state index contributed by atoms with van der Waals surface area (Å²) < 4.78 is 32.9. The molecule has 0 aliphatic heterocycles. The molecule has 0 amide bonds. The highest BCUT2D eigenvalue weighted by Crippen LogP contribution is 2.43. The molecule has 366 valence electrons. The van der Waals surface area contributed by atoms with Gasteiger partial charge in [-0.15, -0.1) is 0 Å². The minimum atomic E-state index is -4.72. The fourth-order valence-corrected chi connectivity index (χ4v) is 8.25. The number of esters is 2. The van der Waals surface area contributed by atoms with E-state index >= 15 is 0 Å². The van der Waals surface area contributed by atoms with Crippen LogP contribution in [0.3, 0.4) is 0 Å². The number of carboxylic acids is 1. The van der Waals surface area contributed by atoms with E-state index in [4.69, 9.17) is 24.8 Å². The van der Waals surface area contributed by atoms with Gasteiger partial charge in [0.2, 0.25) is 0 Å². The maximum Gasteiger partial charge on any atom is 0.472 e. The Morgan fingerprint density at radius 3 is 1.18 bits per heavy atom. The molecule has 0 rings (SSSR count). The number of phosphoric ester groups is 1. The van der Waals surface area contributed by atoms with Gasteiger partial charge in [0.25, 0.3) is 0 Å². The number of hydrogen-bond acceptors (Lipinski definition) is 9. The molecule has 1 unspecified atom stereocenters. The molecule has 0 fully saturated rings. The van der Waals surface area contributed by atoms with Crippen molar-refractivity contribution in [3.63, 3.8) is 0 Å². The van der Waals surface area contributed by atoms with Crippen LogP contribution in [0, 0.1) is 0 Å². The highest BCUT2D eigenvalue weighted by atomic mass is 31.2. The van der Waals surface area contributed by atoms with E-state index in [0.717, 1.165) is 44.9 Å². The van der Waals surface area contributed by atoms with E-state index in [-0.39, 0.29) is 19.4 Å². The minimum absolute atomic E-state index is 0.161. The zero-order valence-corrected chi connectivity index (χ0v) is 40.9. The second kappa shape index (κ2) is 45.8. The lowest BCUT2D eigenvalue weighted by Gasteiger charge is -2.20. The van der Waals surface area contributed by atoms with Gasteiger partial charge in [0.15, 0.2) is 6.10 Å². The molecule has 0 aromatic carbocycles. The summed E-state index contributed by atoms with van der Waals surface area (Å²) in [6, 6.07) is -1.52. The molecule has 12 heteroatoms. The lowest BCUT2D eigenvalue weighted by Crippen LogP contribution is -2.34. The van der Waals surface area contributed by atoms with Crippen molar-refractivity contribution in [3.05, 3.63) is 12.2 Å². The maximum absolute atomic E-state index is 12.7.